The molecule has 1 aliphatic heterocycles. The van der Waals surface area contributed by atoms with Gasteiger partial charge in [0.25, 0.3) is 0 Å². The van der Waals surface area contributed by atoms with Gasteiger partial charge in [-0.2, -0.15) is 13.2 Å². The maximum atomic E-state index is 13.5. The molecule has 1 aliphatic carbocycles. The van der Waals surface area contributed by atoms with Crippen LogP contribution in [0.5, 0.6) is 11.5 Å². The van der Waals surface area contributed by atoms with E-state index in [-0.39, 0.29) is 53.0 Å². The molecule has 0 aromatic heterocycles. The average molecular weight is 502 g/mol. The minimum atomic E-state index is -4.60. The Morgan fingerprint density at radius 3 is 2.58 bits per heavy atom. The van der Waals surface area contributed by atoms with Crippen molar-refractivity contribution in [3.8, 4) is 11.5 Å². The number of alkyl halides is 3. The van der Waals surface area contributed by atoms with E-state index in [1.165, 1.54) is 36.3 Å². The summed E-state index contributed by atoms with van der Waals surface area (Å²) in [5, 5.41) is 10.4. The third-order valence-electron chi connectivity index (χ3n) is 6.26. The lowest BCUT2D eigenvalue weighted by Gasteiger charge is -2.40. The molecule has 0 bridgehead atoms. The number of ether oxygens (including phenoxy) is 2. The maximum absolute atomic E-state index is 13.5. The average Bonchev–Trinajstić information content (AvgIpc) is 2.83. The zero-order valence-electron chi connectivity index (χ0n) is 19.7. The molecule has 2 aliphatic rings. The van der Waals surface area contributed by atoms with E-state index in [0.717, 1.165) is 12.1 Å². The molecule has 0 spiro atoms. The number of aromatic hydroxyl groups is 1. The summed E-state index contributed by atoms with van der Waals surface area (Å²) in [6, 6.07) is 9.02. The molecule has 0 saturated carbocycles. The molecular formula is C26H25F3N2O5. The molecule has 1 atom stereocenters. The van der Waals surface area contributed by atoms with E-state index in [2.05, 4.69) is 0 Å². The highest BCUT2D eigenvalue weighted by atomic mass is 19.4. The SMILES string of the molecule is CCOC(=O)C1=C(N)N(c2cccc(C(F)(F)F)c2)C2=C(C(=O)CCC2)C1c1ccc(OC)c(O)c1. The van der Waals surface area contributed by atoms with Crippen molar-refractivity contribution in [2.45, 2.75) is 38.3 Å². The first-order valence-electron chi connectivity index (χ1n) is 11.4. The second-order valence-electron chi connectivity index (χ2n) is 8.40. The van der Waals surface area contributed by atoms with Crippen LogP contribution in [-0.4, -0.2) is 30.6 Å². The first-order valence-corrected chi connectivity index (χ1v) is 11.4. The van der Waals surface area contributed by atoms with Crippen molar-refractivity contribution in [3.05, 3.63) is 76.3 Å². The van der Waals surface area contributed by atoms with Crippen LogP contribution in [0, 0.1) is 0 Å². The number of carbonyl (C=O) groups excluding carboxylic acids is 2. The Hall–Kier alpha value is -3.95. The number of nitrogens with two attached hydrogens (primary N) is 1. The van der Waals surface area contributed by atoms with Crippen LogP contribution in [0.25, 0.3) is 0 Å². The first kappa shape index (κ1) is 25.2. The van der Waals surface area contributed by atoms with Gasteiger partial charge in [-0.3, -0.25) is 9.69 Å². The van der Waals surface area contributed by atoms with Gasteiger partial charge in [-0.1, -0.05) is 12.1 Å². The van der Waals surface area contributed by atoms with E-state index >= 15 is 0 Å². The van der Waals surface area contributed by atoms with Gasteiger partial charge in [0.05, 0.1) is 30.8 Å². The Bertz CT molecular complexity index is 1280. The summed E-state index contributed by atoms with van der Waals surface area (Å²) < 4.78 is 50.8. The third kappa shape index (κ3) is 4.38. The predicted molar refractivity (Wildman–Crippen MR) is 125 cm³/mol. The summed E-state index contributed by atoms with van der Waals surface area (Å²) in [4.78, 5) is 27.8. The Balaban J connectivity index is 1.99. The number of halogens is 3. The topological polar surface area (TPSA) is 102 Å². The van der Waals surface area contributed by atoms with E-state index in [9.17, 15) is 27.9 Å². The Kier molecular flexibility index (Phi) is 6.71. The fourth-order valence-corrected chi connectivity index (χ4v) is 4.73. The first-order chi connectivity index (χ1) is 17.1. The normalized spacial score (nSPS) is 18.3. The summed E-state index contributed by atoms with van der Waals surface area (Å²) >= 11 is 0. The van der Waals surface area contributed by atoms with E-state index < -0.39 is 23.6 Å². The van der Waals surface area contributed by atoms with Crippen LogP contribution in [0.2, 0.25) is 0 Å². The van der Waals surface area contributed by atoms with Crippen molar-refractivity contribution in [3.63, 3.8) is 0 Å². The highest BCUT2D eigenvalue weighted by Crippen LogP contribution is 2.48. The van der Waals surface area contributed by atoms with E-state index in [0.29, 0.717) is 24.1 Å². The van der Waals surface area contributed by atoms with Crippen molar-refractivity contribution >= 4 is 17.4 Å². The van der Waals surface area contributed by atoms with Crippen molar-refractivity contribution < 1.29 is 37.3 Å². The summed E-state index contributed by atoms with van der Waals surface area (Å²) in [6.45, 7) is 1.62. The van der Waals surface area contributed by atoms with Gasteiger partial charge in [0.1, 0.15) is 5.82 Å². The molecule has 36 heavy (non-hydrogen) atoms. The number of nitrogens with zero attached hydrogens (tertiary/aromatic N) is 1. The number of Topliss-reactive ketones (excluding diaryl/α,β-unsaturated/α-hetero) is 1. The molecule has 0 amide bonds. The fraction of sp³-hybridized carbons (Fsp3) is 0.308. The van der Waals surface area contributed by atoms with Crippen molar-refractivity contribution in [2.75, 3.05) is 18.6 Å². The van der Waals surface area contributed by atoms with Gasteiger partial charge in [0.15, 0.2) is 17.3 Å². The highest BCUT2D eigenvalue weighted by molar-refractivity contribution is 6.05. The zero-order valence-corrected chi connectivity index (χ0v) is 19.7. The molecule has 3 N–H and O–H groups in total. The molecule has 0 fully saturated rings. The van der Waals surface area contributed by atoms with E-state index in [1.54, 1.807) is 13.0 Å². The minimum Gasteiger partial charge on any atom is -0.504 e. The number of phenolic OH excluding ortho intramolecular Hbond substituents is 1. The smallest absolute Gasteiger partial charge is 0.416 e. The summed E-state index contributed by atoms with van der Waals surface area (Å²) in [6.07, 6.45) is -3.58. The van der Waals surface area contributed by atoms with Crippen LogP contribution in [-0.2, 0) is 20.5 Å². The number of phenols is 1. The van der Waals surface area contributed by atoms with Crippen molar-refractivity contribution in [1.29, 1.82) is 0 Å². The largest absolute Gasteiger partial charge is 0.504 e. The molecule has 190 valence electrons. The van der Waals surface area contributed by atoms with Crippen LogP contribution >= 0.6 is 0 Å². The van der Waals surface area contributed by atoms with Gasteiger partial charge < -0.3 is 20.3 Å². The zero-order chi connectivity index (χ0) is 26.2. The standard InChI is InChI=1S/C26H25F3N2O5/c1-3-36-25(34)23-21(14-10-11-20(35-2)19(33)12-14)22-17(8-5-9-18(22)32)31(24(23)30)16-7-4-6-15(13-16)26(27,28)29/h4,6-7,10-13,21,33H,3,5,8-9,30H2,1-2H3. The van der Waals surface area contributed by atoms with Crippen LogP contribution in [0.15, 0.2) is 65.1 Å². The lowest BCUT2D eigenvalue weighted by Crippen LogP contribution is -2.41. The van der Waals surface area contributed by atoms with Crippen LogP contribution < -0.4 is 15.4 Å². The minimum absolute atomic E-state index is 0.0135. The van der Waals surface area contributed by atoms with Gasteiger partial charge >= 0.3 is 12.1 Å². The molecule has 2 aromatic carbocycles. The monoisotopic (exact) mass is 502 g/mol. The number of hydrogen-bond acceptors (Lipinski definition) is 7. The number of rotatable bonds is 5. The fourth-order valence-electron chi connectivity index (χ4n) is 4.73. The van der Waals surface area contributed by atoms with Gasteiger partial charge in [-0.25, -0.2) is 4.79 Å². The van der Waals surface area contributed by atoms with Crippen LogP contribution in [0.3, 0.4) is 0 Å². The van der Waals surface area contributed by atoms with Gasteiger partial charge in [-0.15, -0.1) is 0 Å². The molecule has 0 radical (unpaired) electrons. The van der Waals surface area contributed by atoms with E-state index in [1.807, 2.05) is 0 Å². The number of benzene rings is 2. The second kappa shape index (κ2) is 9.60. The Morgan fingerprint density at radius 2 is 1.94 bits per heavy atom. The van der Waals surface area contributed by atoms with E-state index in [4.69, 9.17) is 15.2 Å². The maximum Gasteiger partial charge on any atom is 0.416 e. The number of anilines is 1. The van der Waals surface area contributed by atoms with Crippen molar-refractivity contribution in [2.24, 2.45) is 5.73 Å². The molecule has 7 nitrogen and oxygen atoms in total. The van der Waals surface area contributed by atoms with Gasteiger partial charge in [-0.05, 0) is 55.7 Å². The second-order valence-corrected chi connectivity index (χ2v) is 8.40. The predicted octanol–water partition coefficient (Wildman–Crippen LogP) is 4.76. The van der Waals surface area contributed by atoms with Gasteiger partial charge in [0.2, 0.25) is 0 Å². The third-order valence-corrected chi connectivity index (χ3v) is 6.26. The Labute approximate surface area is 205 Å². The number of methoxy groups -OCH3 is 1. The number of allylic oxidation sites excluding steroid dienone is 2. The lowest BCUT2D eigenvalue weighted by atomic mass is 9.75. The van der Waals surface area contributed by atoms with Crippen LogP contribution in [0.1, 0.15) is 43.2 Å². The lowest BCUT2D eigenvalue weighted by molar-refractivity contribution is -0.139. The molecule has 4 rings (SSSR count). The molecule has 1 unspecified atom stereocenters. The quantitative estimate of drug-likeness (QED) is 0.568. The molecule has 2 aromatic rings. The number of carbonyl (C=O) groups is 2. The number of hydrogen-bond donors (Lipinski definition) is 2. The molecule has 0 saturated heterocycles. The number of ketones is 1. The highest BCUT2D eigenvalue weighted by Gasteiger charge is 2.43. The Morgan fingerprint density at radius 1 is 1.19 bits per heavy atom. The summed E-state index contributed by atoms with van der Waals surface area (Å²) in [5.74, 6) is -2.20. The molecule has 10 heteroatoms. The molecular weight excluding hydrogens is 477 g/mol. The van der Waals surface area contributed by atoms with Gasteiger partial charge in [0, 0.05) is 23.4 Å². The number of esters is 1. The van der Waals surface area contributed by atoms with Crippen LogP contribution in [0.4, 0.5) is 18.9 Å². The molecule has 1 heterocycles. The summed E-state index contributed by atoms with van der Waals surface area (Å²) in [5.41, 5.74) is 6.64. The summed E-state index contributed by atoms with van der Waals surface area (Å²) in [7, 11) is 1.38. The van der Waals surface area contributed by atoms with Crippen molar-refractivity contribution in [1.82, 2.24) is 0 Å².